The van der Waals surface area contributed by atoms with Crippen molar-refractivity contribution in [2.75, 3.05) is 13.2 Å². The number of fused-ring (bicyclic) bond motifs is 1. The first-order chi connectivity index (χ1) is 10.7. The maximum atomic E-state index is 5.68. The highest BCUT2D eigenvalue weighted by molar-refractivity contribution is 7.22. The van der Waals surface area contributed by atoms with Gasteiger partial charge in [0.25, 0.3) is 0 Å². The van der Waals surface area contributed by atoms with E-state index in [9.17, 15) is 0 Å². The second-order valence-electron chi connectivity index (χ2n) is 5.45. The maximum absolute atomic E-state index is 5.68. The van der Waals surface area contributed by atoms with E-state index in [-0.39, 0.29) is 6.29 Å². The van der Waals surface area contributed by atoms with Crippen LogP contribution >= 0.6 is 11.3 Å². The van der Waals surface area contributed by atoms with Crippen molar-refractivity contribution in [3.63, 3.8) is 0 Å². The molecule has 0 saturated carbocycles. The lowest BCUT2D eigenvalue weighted by atomic mass is 10.2. The van der Waals surface area contributed by atoms with E-state index < -0.39 is 0 Å². The molecular weight excluding hydrogens is 298 g/mol. The molecule has 1 saturated heterocycles. The Balaban J connectivity index is 1.75. The summed E-state index contributed by atoms with van der Waals surface area (Å²) in [6.45, 7) is 3.58. The second-order valence-corrected chi connectivity index (χ2v) is 6.50. The molecule has 6 heteroatoms. The Bertz CT molecular complexity index is 818. The number of imidazole rings is 1. The van der Waals surface area contributed by atoms with Crippen LogP contribution in [0.15, 0.2) is 24.5 Å². The van der Waals surface area contributed by atoms with Crippen LogP contribution in [0, 0.1) is 6.92 Å². The number of rotatable bonds is 2. The van der Waals surface area contributed by atoms with E-state index >= 15 is 0 Å². The highest BCUT2D eigenvalue weighted by atomic mass is 32.1. The van der Waals surface area contributed by atoms with Crippen LogP contribution in [0.4, 0.5) is 0 Å². The predicted octanol–water partition coefficient (Wildman–Crippen LogP) is 3.44. The lowest BCUT2D eigenvalue weighted by Gasteiger charge is -2.23. The van der Waals surface area contributed by atoms with Crippen LogP contribution in [0.1, 0.15) is 24.0 Å². The molecule has 0 bridgehead atoms. The van der Waals surface area contributed by atoms with Gasteiger partial charge in [0.2, 0.25) is 6.29 Å². The van der Waals surface area contributed by atoms with Gasteiger partial charge in [0.1, 0.15) is 5.82 Å². The van der Waals surface area contributed by atoms with Crippen molar-refractivity contribution in [2.45, 2.75) is 19.6 Å². The van der Waals surface area contributed by atoms with Crippen molar-refractivity contribution in [2.24, 2.45) is 7.05 Å². The van der Waals surface area contributed by atoms with Gasteiger partial charge in [-0.25, -0.2) is 4.98 Å². The molecule has 0 spiro atoms. The summed E-state index contributed by atoms with van der Waals surface area (Å²) in [5, 5.41) is 0. The summed E-state index contributed by atoms with van der Waals surface area (Å²) in [4.78, 5) is 10.1. The number of nitrogens with zero attached hydrogens (tertiary/aromatic N) is 3. The van der Waals surface area contributed by atoms with Crippen molar-refractivity contribution in [3.8, 4) is 10.7 Å². The Labute approximate surface area is 132 Å². The van der Waals surface area contributed by atoms with Crippen LogP contribution in [0.5, 0.6) is 0 Å². The molecule has 0 amide bonds. The number of hydrogen-bond acceptors (Lipinski definition) is 5. The Morgan fingerprint density at radius 3 is 2.86 bits per heavy atom. The van der Waals surface area contributed by atoms with Gasteiger partial charge in [-0.1, -0.05) is 0 Å². The van der Waals surface area contributed by atoms with Gasteiger partial charge in [0.15, 0.2) is 0 Å². The quantitative estimate of drug-likeness (QED) is 0.727. The molecule has 0 radical (unpaired) electrons. The fourth-order valence-electron chi connectivity index (χ4n) is 2.70. The van der Waals surface area contributed by atoms with Crippen LogP contribution in [0.2, 0.25) is 0 Å². The third kappa shape index (κ3) is 2.24. The average Bonchev–Trinajstić information content (AvgIpc) is 3.12. The molecule has 22 heavy (non-hydrogen) atoms. The smallest absolute Gasteiger partial charge is 0.200 e. The van der Waals surface area contributed by atoms with E-state index in [0.717, 1.165) is 41.5 Å². The van der Waals surface area contributed by atoms with Gasteiger partial charge >= 0.3 is 0 Å². The Hall–Kier alpha value is -1.76. The zero-order valence-electron chi connectivity index (χ0n) is 12.6. The van der Waals surface area contributed by atoms with Crippen LogP contribution in [0.25, 0.3) is 20.9 Å². The first-order valence-electron chi connectivity index (χ1n) is 7.34. The highest BCUT2D eigenvalue weighted by Gasteiger charge is 2.22. The molecule has 0 atom stereocenters. The lowest BCUT2D eigenvalue weighted by Crippen LogP contribution is -2.19. The summed E-state index contributed by atoms with van der Waals surface area (Å²) >= 11 is 1.72. The molecule has 1 aliphatic heterocycles. The van der Waals surface area contributed by atoms with Gasteiger partial charge in [0, 0.05) is 13.2 Å². The molecule has 114 valence electrons. The van der Waals surface area contributed by atoms with Crippen LogP contribution in [-0.4, -0.2) is 27.7 Å². The fourth-order valence-corrected chi connectivity index (χ4v) is 3.82. The number of aromatic nitrogens is 3. The van der Waals surface area contributed by atoms with E-state index in [1.807, 2.05) is 25.5 Å². The molecule has 1 aliphatic rings. The Morgan fingerprint density at radius 1 is 1.27 bits per heavy atom. The SMILES string of the molecule is Cc1ccnc2cc(-c3ncc(C4OCCCO4)n3C)sc12. The molecule has 1 fully saturated rings. The number of pyridine rings is 1. The molecule has 4 rings (SSSR count). The fraction of sp³-hybridized carbons (Fsp3) is 0.375. The minimum Gasteiger partial charge on any atom is -0.347 e. The monoisotopic (exact) mass is 315 g/mol. The normalized spacial score (nSPS) is 16.5. The Morgan fingerprint density at radius 2 is 2.09 bits per heavy atom. The van der Waals surface area contributed by atoms with Crippen LogP contribution in [0.3, 0.4) is 0 Å². The van der Waals surface area contributed by atoms with Crippen molar-refractivity contribution in [3.05, 3.63) is 35.8 Å². The summed E-state index contributed by atoms with van der Waals surface area (Å²) < 4.78 is 14.6. The van der Waals surface area contributed by atoms with Crippen molar-refractivity contribution in [1.82, 2.24) is 14.5 Å². The number of hydrogen-bond donors (Lipinski definition) is 0. The van der Waals surface area contributed by atoms with Crippen LogP contribution < -0.4 is 0 Å². The number of ether oxygens (including phenoxy) is 2. The second kappa shape index (κ2) is 5.46. The third-order valence-electron chi connectivity index (χ3n) is 3.92. The molecule has 0 aliphatic carbocycles. The van der Waals surface area contributed by atoms with Gasteiger partial charge in [-0.05, 0) is 31.0 Å². The lowest BCUT2D eigenvalue weighted by molar-refractivity contribution is -0.186. The van der Waals surface area contributed by atoms with Crippen molar-refractivity contribution < 1.29 is 9.47 Å². The minimum atomic E-state index is -0.311. The van der Waals surface area contributed by atoms with Gasteiger partial charge < -0.3 is 14.0 Å². The first-order valence-corrected chi connectivity index (χ1v) is 8.16. The van der Waals surface area contributed by atoms with Gasteiger partial charge in [-0.2, -0.15) is 0 Å². The molecule has 3 aromatic rings. The van der Waals surface area contributed by atoms with Crippen molar-refractivity contribution in [1.29, 1.82) is 0 Å². The molecule has 0 aromatic carbocycles. The van der Waals surface area contributed by atoms with E-state index in [1.54, 1.807) is 11.3 Å². The topological polar surface area (TPSA) is 49.2 Å². The molecule has 5 nitrogen and oxygen atoms in total. The minimum absolute atomic E-state index is 0.311. The number of thiophene rings is 1. The molecule has 0 unspecified atom stereocenters. The van der Waals surface area contributed by atoms with Gasteiger partial charge in [0.05, 0.1) is 40.2 Å². The predicted molar refractivity (Wildman–Crippen MR) is 85.8 cm³/mol. The summed E-state index contributed by atoms with van der Waals surface area (Å²) in [6.07, 6.45) is 4.33. The highest BCUT2D eigenvalue weighted by Crippen LogP contribution is 2.35. The summed E-state index contributed by atoms with van der Waals surface area (Å²) in [5.41, 5.74) is 3.22. The summed E-state index contributed by atoms with van der Waals surface area (Å²) in [7, 11) is 2.00. The van der Waals surface area contributed by atoms with Crippen LogP contribution in [-0.2, 0) is 16.5 Å². The molecule has 0 N–H and O–H groups in total. The molecule has 3 aromatic heterocycles. The van der Waals surface area contributed by atoms with E-state index in [2.05, 4.69) is 27.5 Å². The number of aryl methyl sites for hydroxylation is 1. The zero-order valence-corrected chi connectivity index (χ0v) is 13.4. The summed E-state index contributed by atoms with van der Waals surface area (Å²) in [5.74, 6) is 0.926. The molecular formula is C16H17N3O2S. The van der Waals surface area contributed by atoms with E-state index in [0.29, 0.717) is 0 Å². The average molecular weight is 315 g/mol. The van der Waals surface area contributed by atoms with E-state index in [1.165, 1.54) is 10.3 Å². The zero-order chi connectivity index (χ0) is 15.1. The Kier molecular flexibility index (Phi) is 3.44. The van der Waals surface area contributed by atoms with Crippen molar-refractivity contribution >= 4 is 21.6 Å². The standard InChI is InChI=1S/C16H17N3O2S/c1-10-4-5-17-11-8-13(22-14(10)11)15-18-9-12(19(15)2)16-20-6-3-7-21-16/h4-5,8-9,16H,3,6-7H2,1-2H3. The third-order valence-corrected chi connectivity index (χ3v) is 5.18. The summed E-state index contributed by atoms with van der Waals surface area (Å²) in [6, 6.07) is 4.14. The molecule has 4 heterocycles. The largest absolute Gasteiger partial charge is 0.347 e. The van der Waals surface area contributed by atoms with Gasteiger partial charge in [-0.15, -0.1) is 11.3 Å². The maximum Gasteiger partial charge on any atom is 0.200 e. The van der Waals surface area contributed by atoms with Gasteiger partial charge in [-0.3, -0.25) is 4.98 Å². The van der Waals surface area contributed by atoms with E-state index in [4.69, 9.17) is 9.47 Å². The first kappa shape index (κ1) is 13.9.